The van der Waals surface area contributed by atoms with Gasteiger partial charge in [-0.3, -0.25) is 4.90 Å². The molecule has 0 radical (unpaired) electrons. The summed E-state index contributed by atoms with van der Waals surface area (Å²) in [5.41, 5.74) is 2.74. The van der Waals surface area contributed by atoms with Crippen LogP contribution in [0.5, 0.6) is 5.75 Å². The van der Waals surface area contributed by atoms with E-state index in [1.165, 1.54) is 30.5 Å². The quantitative estimate of drug-likeness (QED) is 0.794. The minimum atomic E-state index is 0.399. The first-order chi connectivity index (χ1) is 9.24. The van der Waals surface area contributed by atoms with E-state index in [1.807, 2.05) is 12.1 Å². The summed E-state index contributed by atoms with van der Waals surface area (Å²) in [4.78, 5) is 2.59. The second kappa shape index (κ2) is 7.29. The number of fused-ring (bicyclic) bond motifs is 1. The number of phenols is 1. The molecule has 1 aromatic carbocycles. The molecule has 0 amide bonds. The van der Waals surface area contributed by atoms with Gasteiger partial charge in [0.2, 0.25) is 0 Å². The van der Waals surface area contributed by atoms with Crippen molar-refractivity contribution in [2.24, 2.45) is 0 Å². The SMILES string of the molecule is CCCN(C/C=C/I)[C@@H]1CCc2cc(O)ccc2C1. The molecule has 1 aliphatic carbocycles. The van der Waals surface area contributed by atoms with Gasteiger partial charge in [0.1, 0.15) is 5.75 Å². The van der Waals surface area contributed by atoms with Gasteiger partial charge in [-0.1, -0.05) is 41.7 Å². The van der Waals surface area contributed by atoms with Crippen molar-refractivity contribution in [3.05, 3.63) is 39.5 Å². The van der Waals surface area contributed by atoms with Crippen LogP contribution in [0.4, 0.5) is 0 Å². The molecule has 0 spiro atoms. The molecule has 0 saturated carbocycles. The lowest BCUT2D eigenvalue weighted by molar-refractivity contribution is 0.199. The van der Waals surface area contributed by atoms with Gasteiger partial charge in [0, 0.05) is 12.6 Å². The molecule has 0 saturated heterocycles. The van der Waals surface area contributed by atoms with E-state index in [2.05, 4.69) is 50.6 Å². The third kappa shape index (κ3) is 3.96. The van der Waals surface area contributed by atoms with Gasteiger partial charge in [-0.25, -0.2) is 0 Å². The molecule has 1 aliphatic rings. The van der Waals surface area contributed by atoms with Crippen molar-refractivity contribution in [1.82, 2.24) is 4.90 Å². The summed E-state index contributed by atoms with van der Waals surface area (Å²) in [6.45, 7) is 4.46. The van der Waals surface area contributed by atoms with Gasteiger partial charge >= 0.3 is 0 Å². The molecule has 0 aliphatic heterocycles. The highest BCUT2D eigenvalue weighted by molar-refractivity contribution is 14.1. The summed E-state index contributed by atoms with van der Waals surface area (Å²) in [5.74, 6) is 0.399. The molecule has 104 valence electrons. The Balaban J connectivity index is 2.08. The van der Waals surface area contributed by atoms with Gasteiger partial charge in [0.05, 0.1) is 0 Å². The van der Waals surface area contributed by atoms with Gasteiger partial charge in [-0.15, -0.1) is 0 Å². The minimum Gasteiger partial charge on any atom is -0.508 e. The molecule has 0 fully saturated rings. The Morgan fingerprint density at radius 2 is 2.26 bits per heavy atom. The summed E-state index contributed by atoms with van der Waals surface area (Å²) >= 11 is 2.29. The van der Waals surface area contributed by atoms with Crippen molar-refractivity contribution in [1.29, 1.82) is 0 Å². The number of nitrogens with zero attached hydrogens (tertiary/aromatic N) is 1. The van der Waals surface area contributed by atoms with E-state index in [0.717, 1.165) is 19.4 Å². The predicted octanol–water partition coefficient (Wildman–Crippen LogP) is 3.91. The van der Waals surface area contributed by atoms with Crippen LogP contribution in [0.2, 0.25) is 0 Å². The zero-order valence-electron chi connectivity index (χ0n) is 11.5. The maximum atomic E-state index is 9.54. The normalized spacial score (nSPS) is 19.0. The first kappa shape index (κ1) is 14.9. The van der Waals surface area contributed by atoms with Crippen molar-refractivity contribution in [2.75, 3.05) is 13.1 Å². The third-order valence-corrected chi connectivity index (χ3v) is 4.36. The number of aryl methyl sites for hydroxylation is 1. The van der Waals surface area contributed by atoms with E-state index in [4.69, 9.17) is 0 Å². The van der Waals surface area contributed by atoms with Gasteiger partial charge in [0.25, 0.3) is 0 Å². The smallest absolute Gasteiger partial charge is 0.115 e. The highest BCUT2D eigenvalue weighted by Gasteiger charge is 2.23. The summed E-state index contributed by atoms with van der Waals surface area (Å²) in [6.07, 6.45) is 6.84. The van der Waals surface area contributed by atoms with Crippen LogP contribution in [0.25, 0.3) is 0 Å². The van der Waals surface area contributed by atoms with Crippen molar-refractivity contribution in [3.8, 4) is 5.75 Å². The maximum Gasteiger partial charge on any atom is 0.115 e. The summed E-state index contributed by atoms with van der Waals surface area (Å²) in [5, 5.41) is 9.54. The molecule has 3 heteroatoms. The van der Waals surface area contributed by atoms with Crippen LogP contribution in [-0.4, -0.2) is 29.1 Å². The lowest BCUT2D eigenvalue weighted by atomic mass is 9.87. The molecule has 2 rings (SSSR count). The molecule has 19 heavy (non-hydrogen) atoms. The molecule has 0 aromatic heterocycles. The zero-order valence-corrected chi connectivity index (χ0v) is 13.6. The number of rotatable bonds is 5. The Hall–Kier alpha value is -0.550. The topological polar surface area (TPSA) is 23.5 Å². The second-order valence-electron chi connectivity index (χ2n) is 5.21. The van der Waals surface area contributed by atoms with Crippen molar-refractivity contribution in [2.45, 2.75) is 38.6 Å². The van der Waals surface area contributed by atoms with Crippen LogP contribution in [-0.2, 0) is 12.8 Å². The average Bonchev–Trinajstić information content (AvgIpc) is 2.43. The van der Waals surface area contributed by atoms with Crippen molar-refractivity contribution in [3.63, 3.8) is 0 Å². The molecular formula is C16H22INO. The predicted molar refractivity (Wildman–Crippen MR) is 88.9 cm³/mol. The molecular weight excluding hydrogens is 349 g/mol. The van der Waals surface area contributed by atoms with Crippen molar-refractivity contribution >= 4 is 22.6 Å². The van der Waals surface area contributed by atoms with Crippen LogP contribution in [0.1, 0.15) is 30.9 Å². The first-order valence-corrected chi connectivity index (χ1v) is 8.29. The molecule has 0 unspecified atom stereocenters. The van der Waals surface area contributed by atoms with Crippen LogP contribution >= 0.6 is 22.6 Å². The van der Waals surface area contributed by atoms with E-state index in [9.17, 15) is 5.11 Å². The lowest BCUT2D eigenvalue weighted by Gasteiger charge is -2.34. The number of hydrogen-bond donors (Lipinski definition) is 1. The summed E-state index contributed by atoms with van der Waals surface area (Å²) < 4.78 is 2.11. The highest BCUT2D eigenvalue weighted by Crippen LogP contribution is 2.27. The Morgan fingerprint density at radius 1 is 1.42 bits per heavy atom. The van der Waals surface area contributed by atoms with Gasteiger partial charge in [-0.05, 0) is 59.6 Å². The molecule has 1 atom stereocenters. The average molecular weight is 371 g/mol. The molecule has 2 nitrogen and oxygen atoms in total. The number of phenolic OH excluding ortho intramolecular Hbond substituents is 1. The fraction of sp³-hybridized carbons (Fsp3) is 0.500. The Kier molecular flexibility index (Phi) is 5.70. The monoisotopic (exact) mass is 371 g/mol. The Labute approximate surface area is 129 Å². The Morgan fingerprint density at radius 3 is 3.00 bits per heavy atom. The highest BCUT2D eigenvalue weighted by atomic mass is 127. The second-order valence-corrected chi connectivity index (χ2v) is 5.93. The van der Waals surface area contributed by atoms with E-state index >= 15 is 0 Å². The molecule has 1 N–H and O–H groups in total. The molecule has 0 bridgehead atoms. The fourth-order valence-electron chi connectivity index (χ4n) is 2.92. The third-order valence-electron chi connectivity index (χ3n) is 3.85. The molecule has 0 heterocycles. The van der Waals surface area contributed by atoms with Crippen LogP contribution < -0.4 is 0 Å². The van der Waals surface area contributed by atoms with E-state index in [-0.39, 0.29) is 0 Å². The lowest BCUT2D eigenvalue weighted by Crippen LogP contribution is -2.39. The summed E-state index contributed by atoms with van der Waals surface area (Å²) in [6, 6.07) is 6.48. The molecule has 1 aromatic rings. The van der Waals surface area contributed by atoms with Crippen molar-refractivity contribution < 1.29 is 5.11 Å². The maximum absolute atomic E-state index is 9.54. The van der Waals surface area contributed by atoms with Crippen LogP contribution in [0, 0.1) is 0 Å². The van der Waals surface area contributed by atoms with E-state index in [0.29, 0.717) is 11.8 Å². The van der Waals surface area contributed by atoms with Gasteiger partial charge in [-0.2, -0.15) is 0 Å². The van der Waals surface area contributed by atoms with Crippen LogP contribution in [0.15, 0.2) is 28.4 Å². The zero-order chi connectivity index (χ0) is 13.7. The number of halogens is 1. The number of hydrogen-bond acceptors (Lipinski definition) is 2. The fourth-order valence-corrected chi connectivity index (χ4v) is 3.15. The van der Waals surface area contributed by atoms with Crippen LogP contribution in [0.3, 0.4) is 0 Å². The van der Waals surface area contributed by atoms with Gasteiger partial charge < -0.3 is 5.11 Å². The number of benzene rings is 1. The largest absolute Gasteiger partial charge is 0.508 e. The minimum absolute atomic E-state index is 0.399. The standard InChI is InChI=1S/C16H22INO/c1-2-9-18(10-3-8-17)15-6-4-14-12-16(19)7-5-13(14)11-15/h3,5,7-8,12,15,19H,2,4,6,9-11H2,1H3/b8-3+/t15-/m1/s1. The van der Waals surface area contributed by atoms with Gasteiger partial charge in [0.15, 0.2) is 0 Å². The Bertz CT molecular complexity index is 444. The number of aromatic hydroxyl groups is 1. The van der Waals surface area contributed by atoms with E-state index in [1.54, 1.807) is 0 Å². The first-order valence-electron chi connectivity index (χ1n) is 7.04. The summed E-state index contributed by atoms with van der Waals surface area (Å²) in [7, 11) is 0. The van der Waals surface area contributed by atoms with E-state index < -0.39 is 0 Å².